The first kappa shape index (κ1) is 26.1. The molecule has 2 heteroatoms. The molecule has 1 aliphatic heterocycles. The smallest absolute Gasteiger partial charge is 0.127 e. The molecule has 232 valence electrons. The SMILES string of the molecule is CCc1cc(C23CC4CC(CC(C4)C2)C3)c(OCC2CO2)c(C23CC4CC(CC(C4)C2)C3)c1C12CC3CC(CC(C3)C1)C2. The van der Waals surface area contributed by atoms with Gasteiger partial charge in [0, 0.05) is 16.5 Å². The highest BCUT2D eigenvalue weighted by Gasteiger charge is 2.60. The molecule has 1 atom stereocenters. The van der Waals surface area contributed by atoms with Gasteiger partial charge < -0.3 is 9.47 Å². The van der Waals surface area contributed by atoms with E-state index in [0.717, 1.165) is 66.5 Å². The van der Waals surface area contributed by atoms with Crippen molar-refractivity contribution in [2.75, 3.05) is 13.2 Å². The van der Waals surface area contributed by atoms with Crippen LogP contribution in [0, 0.1) is 53.3 Å². The van der Waals surface area contributed by atoms with E-state index < -0.39 is 0 Å². The molecular weight excluding hydrogens is 524 g/mol. The lowest BCUT2D eigenvalue weighted by Crippen LogP contribution is -2.53. The van der Waals surface area contributed by atoms with Crippen LogP contribution >= 0.6 is 0 Å². The molecule has 1 aromatic carbocycles. The number of aryl methyl sites for hydroxylation is 1. The van der Waals surface area contributed by atoms with Crippen LogP contribution in [0.1, 0.15) is 145 Å². The summed E-state index contributed by atoms with van der Waals surface area (Å²) in [4.78, 5) is 0. The summed E-state index contributed by atoms with van der Waals surface area (Å²) in [5, 5.41) is 0. The Morgan fingerprint density at radius 2 is 0.953 bits per heavy atom. The minimum atomic E-state index is 0.335. The summed E-state index contributed by atoms with van der Waals surface area (Å²) < 4.78 is 13.3. The molecule has 13 aliphatic rings. The predicted molar refractivity (Wildman–Crippen MR) is 171 cm³/mol. The molecule has 14 rings (SSSR count). The molecule has 12 bridgehead atoms. The highest BCUT2D eigenvalue weighted by Crippen LogP contribution is 2.70. The Labute approximate surface area is 260 Å². The average molecular weight is 581 g/mol. The van der Waals surface area contributed by atoms with Crippen molar-refractivity contribution in [1.29, 1.82) is 0 Å². The van der Waals surface area contributed by atoms with Gasteiger partial charge in [0.25, 0.3) is 0 Å². The molecule has 1 unspecified atom stereocenters. The highest BCUT2D eigenvalue weighted by atomic mass is 16.6. The standard InChI is InChI=1S/C41H56O2/c1-2-33-12-35(39-13-24-3-25(14-39)5-26(4-24)15-39)38(43-23-34-22-42-34)37(41-19-30-9-31(20-41)11-32(10-30)21-41)36(33)40-16-27-6-28(17-40)8-29(7-27)18-40/h12,24-32,34H,2-11,13-23H2,1H3. The maximum absolute atomic E-state index is 7.45. The second-order valence-corrected chi connectivity index (χ2v) is 19.4. The summed E-state index contributed by atoms with van der Waals surface area (Å²) in [5.41, 5.74) is 8.55. The Bertz CT molecular complexity index is 1230. The summed E-state index contributed by atoms with van der Waals surface area (Å²) in [5.74, 6) is 10.3. The van der Waals surface area contributed by atoms with Crippen LogP contribution in [-0.2, 0) is 27.4 Å². The normalized spacial score (nSPS) is 52.8. The maximum Gasteiger partial charge on any atom is 0.127 e. The molecule has 13 fully saturated rings. The monoisotopic (exact) mass is 580 g/mol. The van der Waals surface area contributed by atoms with Gasteiger partial charge in [0.05, 0.1) is 6.61 Å². The van der Waals surface area contributed by atoms with Crippen molar-refractivity contribution in [3.63, 3.8) is 0 Å². The van der Waals surface area contributed by atoms with E-state index in [4.69, 9.17) is 9.47 Å². The summed E-state index contributed by atoms with van der Waals surface area (Å²) >= 11 is 0. The molecule has 1 heterocycles. The Kier molecular flexibility index (Phi) is 5.38. The predicted octanol–water partition coefficient (Wildman–Crippen LogP) is 9.43. The first-order valence-corrected chi connectivity index (χ1v) is 19.4. The molecule has 0 radical (unpaired) electrons. The lowest BCUT2D eigenvalue weighted by molar-refractivity contribution is -0.0204. The summed E-state index contributed by atoms with van der Waals surface area (Å²) in [6, 6.07) is 2.87. The zero-order valence-electron chi connectivity index (χ0n) is 27.0. The Hall–Kier alpha value is -1.02. The van der Waals surface area contributed by atoms with Gasteiger partial charge in [-0.3, -0.25) is 0 Å². The van der Waals surface area contributed by atoms with E-state index in [1.165, 1.54) is 108 Å². The minimum absolute atomic E-state index is 0.335. The van der Waals surface area contributed by atoms with Gasteiger partial charge in [-0.05, 0) is 197 Å². The van der Waals surface area contributed by atoms with E-state index >= 15 is 0 Å². The fourth-order valence-electron chi connectivity index (χ4n) is 16.3. The third-order valence-electron chi connectivity index (χ3n) is 16.3. The first-order valence-electron chi connectivity index (χ1n) is 19.4. The zero-order valence-corrected chi connectivity index (χ0v) is 27.0. The highest BCUT2D eigenvalue weighted by molar-refractivity contribution is 5.61. The van der Waals surface area contributed by atoms with Crippen molar-refractivity contribution in [2.24, 2.45) is 53.3 Å². The van der Waals surface area contributed by atoms with Crippen molar-refractivity contribution >= 4 is 0 Å². The van der Waals surface area contributed by atoms with Gasteiger partial charge in [-0.15, -0.1) is 0 Å². The van der Waals surface area contributed by atoms with E-state index in [1.54, 1.807) is 30.4 Å². The summed E-state index contributed by atoms with van der Waals surface area (Å²) in [7, 11) is 0. The third kappa shape index (κ3) is 3.80. The van der Waals surface area contributed by atoms with Crippen LogP contribution in [0.2, 0.25) is 0 Å². The van der Waals surface area contributed by atoms with Crippen LogP contribution in [0.3, 0.4) is 0 Å². The van der Waals surface area contributed by atoms with Gasteiger partial charge in [0.1, 0.15) is 18.5 Å². The minimum Gasteiger partial charge on any atom is -0.490 e. The molecule has 0 spiro atoms. The molecule has 1 aromatic rings. The van der Waals surface area contributed by atoms with Crippen LogP contribution in [0.15, 0.2) is 6.07 Å². The Balaban J connectivity index is 1.17. The van der Waals surface area contributed by atoms with Gasteiger partial charge in [-0.1, -0.05) is 13.0 Å². The molecule has 0 aromatic heterocycles. The molecule has 43 heavy (non-hydrogen) atoms. The van der Waals surface area contributed by atoms with Crippen molar-refractivity contribution in [2.45, 2.75) is 151 Å². The van der Waals surface area contributed by atoms with E-state index in [1.807, 2.05) is 11.1 Å². The number of rotatable bonds is 7. The van der Waals surface area contributed by atoms with E-state index in [9.17, 15) is 0 Å². The van der Waals surface area contributed by atoms with E-state index in [2.05, 4.69) is 13.0 Å². The maximum atomic E-state index is 7.45. The van der Waals surface area contributed by atoms with Crippen molar-refractivity contribution in [1.82, 2.24) is 0 Å². The van der Waals surface area contributed by atoms with E-state index in [0.29, 0.717) is 22.3 Å². The van der Waals surface area contributed by atoms with E-state index in [-0.39, 0.29) is 0 Å². The van der Waals surface area contributed by atoms with Crippen LogP contribution < -0.4 is 4.74 Å². The van der Waals surface area contributed by atoms with Crippen LogP contribution in [0.4, 0.5) is 0 Å². The zero-order chi connectivity index (χ0) is 28.1. The second kappa shape index (κ2) is 8.86. The van der Waals surface area contributed by atoms with Gasteiger partial charge in [0.2, 0.25) is 0 Å². The molecule has 12 aliphatic carbocycles. The molecule has 0 N–H and O–H groups in total. The van der Waals surface area contributed by atoms with Crippen molar-refractivity contribution in [3.05, 3.63) is 28.3 Å². The number of hydrogen-bond donors (Lipinski definition) is 0. The summed E-state index contributed by atoms with van der Waals surface area (Å²) in [6.07, 6.45) is 28.6. The van der Waals surface area contributed by atoms with Gasteiger partial charge >= 0.3 is 0 Å². The lowest BCUT2D eigenvalue weighted by atomic mass is 9.43. The topological polar surface area (TPSA) is 21.8 Å². The number of hydrogen-bond acceptors (Lipinski definition) is 2. The first-order chi connectivity index (χ1) is 21.0. The number of ether oxygens (including phenoxy) is 2. The van der Waals surface area contributed by atoms with Gasteiger partial charge in [-0.25, -0.2) is 0 Å². The third-order valence-corrected chi connectivity index (χ3v) is 16.3. The quantitative estimate of drug-likeness (QED) is 0.300. The molecule has 0 amide bonds. The fourth-order valence-corrected chi connectivity index (χ4v) is 16.3. The lowest BCUT2D eigenvalue weighted by Gasteiger charge is -2.62. The van der Waals surface area contributed by atoms with Gasteiger partial charge in [0.15, 0.2) is 0 Å². The fraction of sp³-hybridized carbons (Fsp3) is 0.854. The Morgan fingerprint density at radius 3 is 1.33 bits per heavy atom. The van der Waals surface area contributed by atoms with Crippen molar-refractivity contribution in [3.8, 4) is 5.75 Å². The molecular formula is C41H56O2. The Morgan fingerprint density at radius 1 is 0.581 bits per heavy atom. The number of benzene rings is 1. The molecule has 12 saturated carbocycles. The van der Waals surface area contributed by atoms with Crippen LogP contribution in [0.5, 0.6) is 5.75 Å². The van der Waals surface area contributed by atoms with Crippen LogP contribution in [-0.4, -0.2) is 19.3 Å². The van der Waals surface area contributed by atoms with Crippen molar-refractivity contribution < 1.29 is 9.47 Å². The molecule has 1 saturated heterocycles. The second-order valence-electron chi connectivity index (χ2n) is 19.4. The number of epoxide rings is 1. The average Bonchev–Trinajstić information content (AvgIpc) is 3.78. The summed E-state index contributed by atoms with van der Waals surface area (Å²) in [6.45, 7) is 4.24. The largest absolute Gasteiger partial charge is 0.490 e. The van der Waals surface area contributed by atoms with Gasteiger partial charge in [-0.2, -0.15) is 0 Å². The van der Waals surface area contributed by atoms with Crippen LogP contribution in [0.25, 0.3) is 0 Å². The molecule has 2 nitrogen and oxygen atoms in total.